The third-order valence-corrected chi connectivity index (χ3v) is 5.02. The lowest BCUT2D eigenvalue weighted by molar-refractivity contribution is -0.129. The summed E-state index contributed by atoms with van der Waals surface area (Å²) in [5.41, 5.74) is 1.38. The summed E-state index contributed by atoms with van der Waals surface area (Å²) in [4.78, 5) is 12.0. The molecule has 1 N–H and O–H groups in total. The normalized spacial score (nSPS) is 17.5. The van der Waals surface area contributed by atoms with Crippen LogP contribution in [0.3, 0.4) is 0 Å². The highest BCUT2D eigenvalue weighted by atomic mass is 32.2. The van der Waals surface area contributed by atoms with E-state index in [0.717, 1.165) is 18.2 Å². The van der Waals surface area contributed by atoms with Crippen molar-refractivity contribution in [1.29, 1.82) is 0 Å². The molecule has 1 unspecified atom stereocenters. The molecule has 2 rings (SSSR count). The van der Waals surface area contributed by atoms with Crippen molar-refractivity contribution in [2.24, 2.45) is 0 Å². The third kappa shape index (κ3) is 4.61. The number of nitrogens with one attached hydrogen (secondary N) is 1. The van der Waals surface area contributed by atoms with E-state index in [1.807, 2.05) is 13.0 Å². The minimum absolute atomic E-state index is 0.122. The number of nitrogens with zero attached hydrogens (tertiary/aromatic N) is 1. The van der Waals surface area contributed by atoms with Crippen LogP contribution in [0.5, 0.6) is 5.75 Å². The second-order valence-electron chi connectivity index (χ2n) is 5.80. The van der Waals surface area contributed by atoms with Crippen molar-refractivity contribution in [3.05, 3.63) is 23.8 Å². The predicted molar refractivity (Wildman–Crippen MR) is 91.9 cm³/mol. The van der Waals surface area contributed by atoms with Gasteiger partial charge in [-0.1, -0.05) is 6.07 Å². The molecule has 1 aromatic carbocycles. The summed E-state index contributed by atoms with van der Waals surface area (Å²) in [5, 5.41) is 2.74. The van der Waals surface area contributed by atoms with Crippen LogP contribution in [0.2, 0.25) is 0 Å². The molecule has 0 spiro atoms. The third-order valence-electron chi connectivity index (χ3n) is 3.84. The van der Waals surface area contributed by atoms with Gasteiger partial charge in [0.05, 0.1) is 25.6 Å². The largest absolute Gasteiger partial charge is 0.495 e. The molecule has 1 fully saturated rings. The number of carbonyl (C=O) groups excluding carboxylic acids is 1. The first-order valence-electron chi connectivity index (χ1n) is 7.84. The van der Waals surface area contributed by atoms with Gasteiger partial charge < -0.3 is 14.8 Å². The van der Waals surface area contributed by atoms with Gasteiger partial charge in [0.25, 0.3) is 0 Å². The van der Waals surface area contributed by atoms with Crippen molar-refractivity contribution >= 4 is 21.6 Å². The summed E-state index contributed by atoms with van der Waals surface area (Å²) in [6, 6.07) is 5.33. The Bertz CT molecular complexity index is 684. The number of ether oxygens (including phenoxy) is 2. The molecule has 0 aromatic heterocycles. The van der Waals surface area contributed by atoms with Gasteiger partial charge in [-0.3, -0.25) is 9.10 Å². The summed E-state index contributed by atoms with van der Waals surface area (Å²) in [5.74, 6) is 0.272. The number of sulfonamides is 1. The van der Waals surface area contributed by atoms with Crippen LogP contribution >= 0.6 is 0 Å². The molecule has 0 bridgehead atoms. The van der Waals surface area contributed by atoms with Gasteiger partial charge in [-0.2, -0.15) is 0 Å². The average Bonchev–Trinajstić information content (AvgIpc) is 3.04. The minimum Gasteiger partial charge on any atom is -0.495 e. The maximum Gasteiger partial charge on any atom is 0.249 e. The highest BCUT2D eigenvalue weighted by molar-refractivity contribution is 7.92. The van der Waals surface area contributed by atoms with E-state index in [2.05, 4.69) is 5.32 Å². The summed E-state index contributed by atoms with van der Waals surface area (Å²) in [6.07, 6.45) is 2.28. The Balaban J connectivity index is 2.09. The Kier molecular flexibility index (Phi) is 6.06. The molecule has 1 aliphatic heterocycles. The number of rotatable bonds is 7. The molecule has 1 atom stereocenters. The molecule has 134 valence electrons. The van der Waals surface area contributed by atoms with Crippen LogP contribution in [0.25, 0.3) is 0 Å². The first-order valence-corrected chi connectivity index (χ1v) is 9.69. The van der Waals surface area contributed by atoms with Crippen molar-refractivity contribution in [3.63, 3.8) is 0 Å². The minimum atomic E-state index is -3.51. The zero-order valence-electron chi connectivity index (χ0n) is 14.2. The fourth-order valence-corrected chi connectivity index (χ4v) is 3.56. The first-order chi connectivity index (χ1) is 11.3. The van der Waals surface area contributed by atoms with Gasteiger partial charge in [-0.25, -0.2) is 8.42 Å². The van der Waals surface area contributed by atoms with Gasteiger partial charge in [0, 0.05) is 13.2 Å². The lowest BCUT2D eigenvalue weighted by atomic mass is 10.2. The molecule has 0 aliphatic carbocycles. The van der Waals surface area contributed by atoms with Crippen LogP contribution in [0.15, 0.2) is 18.2 Å². The Morgan fingerprint density at radius 1 is 1.46 bits per heavy atom. The number of benzene rings is 1. The molecule has 0 radical (unpaired) electrons. The SMILES string of the molecule is COc1ccc(C)cc1N(CCNC(=O)C1CCCO1)S(C)(=O)=O. The summed E-state index contributed by atoms with van der Waals surface area (Å²) >= 11 is 0. The average molecular weight is 356 g/mol. The Morgan fingerprint density at radius 3 is 2.79 bits per heavy atom. The molecule has 1 aromatic rings. The molecule has 8 heteroatoms. The van der Waals surface area contributed by atoms with Gasteiger partial charge in [-0.05, 0) is 37.5 Å². The van der Waals surface area contributed by atoms with E-state index in [0.29, 0.717) is 24.5 Å². The van der Waals surface area contributed by atoms with Crippen molar-refractivity contribution in [2.45, 2.75) is 25.9 Å². The van der Waals surface area contributed by atoms with Crippen LogP contribution < -0.4 is 14.4 Å². The van der Waals surface area contributed by atoms with Crippen LogP contribution in [-0.2, 0) is 19.6 Å². The smallest absolute Gasteiger partial charge is 0.249 e. The fourth-order valence-electron chi connectivity index (χ4n) is 2.64. The van der Waals surface area contributed by atoms with E-state index < -0.39 is 16.1 Å². The monoisotopic (exact) mass is 356 g/mol. The van der Waals surface area contributed by atoms with Gasteiger partial charge in [-0.15, -0.1) is 0 Å². The van der Waals surface area contributed by atoms with Crippen molar-refractivity contribution < 1.29 is 22.7 Å². The number of hydrogen-bond acceptors (Lipinski definition) is 5. The van der Waals surface area contributed by atoms with Crippen LogP contribution in [0, 0.1) is 6.92 Å². The van der Waals surface area contributed by atoms with E-state index in [1.165, 1.54) is 11.4 Å². The van der Waals surface area contributed by atoms with E-state index >= 15 is 0 Å². The summed E-state index contributed by atoms with van der Waals surface area (Å²) in [7, 11) is -2.02. The van der Waals surface area contributed by atoms with Crippen molar-refractivity contribution in [1.82, 2.24) is 5.32 Å². The topological polar surface area (TPSA) is 84.9 Å². The van der Waals surface area contributed by atoms with Gasteiger partial charge in [0.2, 0.25) is 15.9 Å². The predicted octanol–water partition coefficient (Wildman–Crippen LogP) is 1.06. The second-order valence-corrected chi connectivity index (χ2v) is 7.71. The fraction of sp³-hybridized carbons (Fsp3) is 0.562. The Hall–Kier alpha value is -1.80. The molecule has 1 heterocycles. The maximum absolute atomic E-state index is 12.2. The highest BCUT2D eigenvalue weighted by Gasteiger charge is 2.25. The lowest BCUT2D eigenvalue weighted by Gasteiger charge is -2.25. The van der Waals surface area contributed by atoms with Gasteiger partial charge >= 0.3 is 0 Å². The van der Waals surface area contributed by atoms with Crippen molar-refractivity contribution in [2.75, 3.05) is 37.4 Å². The molecule has 1 aliphatic rings. The number of carbonyl (C=O) groups is 1. The lowest BCUT2D eigenvalue weighted by Crippen LogP contribution is -2.41. The molecule has 24 heavy (non-hydrogen) atoms. The van der Waals surface area contributed by atoms with E-state index in [4.69, 9.17) is 9.47 Å². The number of methoxy groups -OCH3 is 1. The number of amides is 1. The molecule has 1 amide bonds. The van der Waals surface area contributed by atoms with E-state index in [9.17, 15) is 13.2 Å². The summed E-state index contributed by atoms with van der Waals surface area (Å²) < 4.78 is 36.2. The molecular formula is C16H24N2O5S. The zero-order valence-corrected chi connectivity index (χ0v) is 15.1. The molecular weight excluding hydrogens is 332 g/mol. The zero-order chi connectivity index (χ0) is 17.7. The van der Waals surface area contributed by atoms with Gasteiger partial charge in [0.1, 0.15) is 11.9 Å². The Labute approximate surface area is 143 Å². The first kappa shape index (κ1) is 18.5. The molecule has 0 saturated carbocycles. The van der Waals surface area contributed by atoms with Crippen LogP contribution in [0.1, 0.15) is 18.4 Å². The van der Waals surface area contributed by atoms with E-state index in [-0.39, 0.29) is 19.0 Å². The molecule has 1 saturated heterocycles. The second kappa shape index (κ2) is 7.85. The van der Waals surface area contributed by atoms with Gasteiger partial charge in [0.15, 0.2) is 0 Å². The highest BCUT2D eigenvalue weighted by Crippen LogP contribution is 2.30. The van der Waals surface area contributed by atoms with Crippen LogP contribution in [0.4, 0.5) is 5.69 Å². The number of hydrogen-bond donors (Lipinski definition) is 1. The quantitative estimate of drug-likeness (QED) is 0.790. The number of anilines is 1. The van der Waals surface area contributed by atoms with Crippen molar-refractivity contribution in [3.8, 4) is 5.75 Å². The Morgan fingerprint density at radius 2 is 2.21 bits per heavy atom. The maximum atomic E-state index is 12.2. The van der Waals surface area contributed by atoms with E-state index in [1.54, 1.807) is 12.1 Å². The standard InChI is InChI=1S/C16H24N2O5S/c1-12-6-7-14(22-2)13(11-12)18(24(3,20)21)9-8-17-16(19)15-5-4-10-23-15/h6-7,11,15H,4-5,8-10H2,1-3H3,(H,17,19). The van der Waals surface area contributed by atoms with Crippen LogP contribution in [-0.4, -0.2) is 53.5 Å². The molecule has 7 nitrogen and oxygen atoms in total. The summed E-state index contributed by atoms with van der Waals surface area (Å²) in [6.45, 7) is 2.79. The number of aryl methyl sites for hydroxylation is 1.